The monoisotopic (exact) mass is 189 g/mol. The van der Waals surface area contributed by atoms with Gasteiger partial charge in [0, 0.05) is 4.92 Å². The van der Waals surface area contributed by atoms with Crippen LogP contribution < -0.4 is 0 Å². The first-order valence-corrected chi connectivity index (χ1v) is 4.08. The summed E-state index contributed by atoms with van der Waals surface area (Å²) in [6.07, 6.45) is 1.44. The SMILES string of the molecule is O=[N+]([O-])Cc1cnc2ccccc2n1. The number of fused-ring (bicyclic) bond motifs is 1. The summed E-state index contributed by atoms with van der Waals surface area (Å²) in [4.78, 5) is 18.0. The lowest BCUT2D eigenvalue weighted by Gasteiger charge is -1.97. The molecular formula is C9H7N3O2. The fraction of sp³-hybridized carbons (Fsp3) is 0.111. The molecule has 0 unspecified atom stereocenters. The molecule has 0 N–H and O–H groups in total. The molecule has 0 aliphatic rings. The minimum absolute atomic E-state index is 0.280. The van der Waals surface area contributed by atoms with E-state index in [4.69, 9.17) is 0 Å². The van der Waals surface area contributed by atoms with Crippen molar-refractivity contribution >= 4 is 11.0 Å². The van der Waals surface area contributed by atoms with Crippen molar-refractivity contribution in [1.82, 2.24) is 9.97 Å². The predicted octanol–water partition coefficient (Wildman–Crippen LogP) is 1.41. The van der Waals surface area contributed by atoms with E-state index in [0.29, 0.717) is 11.2 Å². The first-order valence-electron chi connectivity index (χ1n) is 4.08. The molecule has 0 fully saturated rings. The van der Waals surface area contributed by atoms with Crippen LogP contribution >= 0.6 is 0 Å². The zero-order valence-corrected chi connectivity index (χ0v) is 7.25. The van der Waals surface area contributed by atoms with Gasteiger partial charge in [-0.15, -0.1) is 0 Å². The molecular weight excluding hydrogens is 182 g/mol. The molecule has 14 heavy (non-hydrogen) atoms. The topological polar surface area (TPSA) is 68.9 Å². The molecule has 1 heterocycles. The Morgan fingerprint density at radius 2 is 2.00 bits per heavy atom. The van der Waals surface area contributed by atoms with Gasteiger partial charge in [-0.3, -0.25) is 15.1 Å². The van der Waals surface area contributed by atoms with E-state index in [1.807, 2.05) is 18.2 Å². The normalized spacial score (nSPS) is 10.3. The summed E-state index contributed by atoms with van der Waals surface area (Å²) in [6.45, 7) is -0.280. The van der Waals surface area contributed by atoms with Gasteiger partial charge >= 0.3 is 0 Å². The Kier molecular flexibility index (Phi) is 2.06. The Hall–Kier alpha value is -2.04. The highest BCUT2D eigenvalue weighted by Gasteiger charge is 2.04. The van der Waals surface area contributed by atoms with Crippen LogP contribution in [0.1, 0.15) is 5.69 Å². The van der Waals surface area contributed by atoms with Gasteiger partial charge in [-0.05, 0) is 12.1 Å². The molecule has 0 aliphatic carbocycles. The maximum Gasteiger partial charge on any atom is 0.247 e. The van der Waals surface area contributed by atoms with Crippen molar-refractivity contribution in [3.63, 3.8) is 0 Å². The molecule has 2 aromatic rings. The first-order chi connectivity index (χ1) is 6.75. The first kappa shape index (κ1) is 8.55. The molecule has 0 amide bonds. The minimum atomic E-state index is -0.418. The van der Waals surface area contributed by atoms with Crippen molar-refractivity contribution in [2.24, 2.45) is 0 Å². The van der Waals surface area contributed by atoms with Gasteiger partial charge in [0.2, 0.25) is 6.54 Å². The lowest BCUT2D eigenvalue weighted by molar-refractivity contribution is -0.497. The Balaban J connectivity index is 2.46. The summed E-state index contributed by atoms with van der Waals surface area (Å²) >= 11 is 0. The van der Waals surface area contributed by atoms with Gasteiger partial charge in [0.1, 0.15) is 5.69 Å². The van der Waals surface area contributed by atoms with E-state index in [0.717, 1.165) is 5.52 Å². The fourth-order valence-corrected chi connectivity index (χ4v) is 1.20. The number of hydrogen-bond acceptors (Lipinski definition) is 4. The summed E-state index contributed by atoms with van der Waals surface area (Å²) in [5, 5.41) is 10.2. The van der Waals surface area contributed by atoms with Gasteiger partial charge in [-0.1, -0.05) is 12.1 Å². The number of rotatable bonds is 2. The molecule has 0 saturated carbocycles. The Morgan fingerprint density at radius 1 is 1.29 bits per heavy atom. The molecule has 70 valence electrons. The highest BCUT2D eigenvalue weighted by Crippen LogP contribution is 2.08. The van der Waals surface area contributed by atoms with Crippen LogP contribution in [0.15, 0.2) is 30.5 Å². The number of para-hydroxylation sites is 2. The number of aromatic nitrogens is 2. The molecule has 0 aliphatic heterocycles. The van der Waals surface area contributed by atoms with Gasteiger partial charge < -0.3 is 0 Å². The second kappa shape index (κ2) is 3.37. The van der Waals surface area contributed by atoms with Crippen LogP contribution in [0.25, 0.3) is 11.0 Å². The minimum Gasteiger partial charge on any atom is -0.264 e. The number of benzene rings is 1. The van der Waals surface area contributed by atoms with Crippen LogP contribution in [0.4, 0.5) is 0 Å². The maximum atomic E-state index is 10.2. The average Bonchev–Trinajstić information content (AvgIpc) is 2.17. The number of hydrogen-bond donors (Lipinski definition) is 0. The van der Waals surface area contributed by atoms with E-state index in [1.54, 1.807) is 6.07 Å². The Bertz CT molecular complexity index is 484. The molecule has 1 aromatic carbocycles. The van der Waals surface area contributed by atoms with Crippen molar-refractivity contribution in [3.8, 4) is 0 Å². The lowest BCUT2D eigenvalue weighted by Crippen LogP contribution is -2.01. The van der Waals surface area contributed by atoms with Crippen molar-refractivity contribution in [3.05, 3.63) is 46.3 Å². The Morgan fingerprint density at radius 3 is 2.71 bits per heavy atom. The molecule has 5 heteroatoms. The van der Waals surface area contributed by atoms with E-state index in [2.05, 4.69) is 9.97 Å². The average molecular weight is 189 g/mol. The van der Waals surface area contributed by atoms with Crippen LogP contribution in [0.2, 0.25) is 0 Å². The van der Waals surface area contributed by atoms with Crippen LogP contribution in [0.3, 0.4) is 0 Å². The lowest BCUT2D eigenvalue weighted by atomic mass is 10.3. The van der Waals surface area contributed by atoms with Gasteiger partial charge in [0.25, 0.3) is 0 Å². The van der Waals surface area contributed by atoms with Crippen LogP contribution in [0, 0.1) is 10.1 Å². The van der Waals surface area contributed by atoms with E-state index in [9.17, 15) is 10.1 Å². The van der Waals surface area contributed by atoms with Crippen LogP contribution in [-0.4, -0.2) is 14.9 Å². The third-order valence-corrected chi connectivity index (χ3v) is 1.79. The van der Waals surface area contributed by atoms with Crippen molar-refractivity contribution in [1.29, 1.82) is 0 Å². The molecule has 0 spiro atoms. The van der Waals surface area contributed by atoms with Gasteiger partial charge in [-0.2, -0.15) is 0 Å². The van der Waals surface area contributed by atoms with Gasteiger partial charge in [0.05, 0.1) is 17.2 Å². The van der Waals surface area contributed by atoms with Gasteiger partial charge in [-0.25, -0.2) is 4.98 Å². The summed E-state index contributed by atoms with van der Waals surface area (Å²) in [7, 11) is 0. The summed E-state index contributed by atoms with van der Waals surface area (Å²) in [5.41, 5.74) is 1.82. The molecule has 2 rings (SSSR count). The van der Waals surface area contributed by atoms with Crippen molar-refractivity contribution in [2.45, 2.75) is 6.54 Å². The standard InChI is InChI=1S/C9H7N3O2/c13-12(14)6-7-5-10-8-3-1-2-4-9(8)11-7/h1-5H,6H2. The Labute approximate surface area is 79.6 Å². The van der Waals surface area contributed by atoms with Crippen molar-refractivity contribution < 1.29 is 4.92 Å². The maximum absolute atomic E-state index is 10.2. The third-order valence-electron chi connectivity index (χ3n) is 1.79. The van der Waals surface area contributed by atoms with Gasteiger partial charge in [0.15, 0.2) is 0 Å². The largest absolute Gasteiger partial charge is 0.264 e. The van der Waals surface area contributed by atoms with E-state index in [-0.39, 0.29) is 6.54 Å². The summed E-state index contributed by atoms with van der Waals surface area (Å²) in [6, 6.07) is 7.28. The molecule has 1 aromatic heterocycles. The predicted molar refractivity (Wildman–Crippen MR) is 50.2 cm³/mol. The van der Waals surface area contributed by atoms with Crippen LogP contribution in [-0.2, 0) is 6.54 Å². The number of nitrogens with zero attached hydrogens (tertiary/aromatic N) is 3. The second-order valence-electron chi connectivity index (χ2n) is 2.84. The van der Waals surface area contributed by atoms with E-state index < -0.39 is 4.92 Å². The quantitative estimate of drug-likeness (QED) is 0.529. The zero-order valence-electron chi connectivity index (χ0n) is 7.25. The molecule has 0 radical (unpaired) electrons. The highest BCUT2D eigenvalue weighted by atomic mass is 16.6. The molecule has 0 saturated heterocycles. The highest BCUT2D eigenvalue weighted by molar-refractivity contribution is 5.73. The number of nitro groups is 1. The summed E-state index contributed by atoms with van der Waals surface area (Å²) in [5.74, 6) is 0. The van der Waals surface area contributed by atoms with Crippen LogP contribution in [0.5, 0.6) is 0 Å². The molecule has 5 nitrogen and oxygen atoms in total. The fourth-order valence-electron chi connectivity index (χ4n) is 1.20. The smallest absolute Gasteiger partial charge is 0.247 e. The molecule has 0 bridgehead atoms. The van der Waals surface area contributed by atoms with E-state index >= 15 is 0 Å². The van der Waals surface area contributed by atoms with E-state index in [1.165, 1.54) is 6.20 Å². The molecule has 0 atom stereocenters. The third kappa shape index (κ3) is 1.66. The van der Waals surface area contributed by atoms with Crippen molar-refractivity contribution in [2.75, 3.05) is 0 Å². The summed E-state index contributed by atoms with van der Waals surface area (Å²) < 4.78 is 0. The zero-order chi connectivity index (χ0) is 9.97. The second-order valence-corrected chi connectivity index (χ2v) is 2.84.